The smallest absolute Gasteiger partial charge is 0.320 e. The van der Waals surface area contributed by atoms with Crippen molar-refractivity contribution in [2.75, 3.05) is 0 Å². The fourth-order valence-electron chi connectivity index (χ4n) is 3.19. The third kappa shape index (κ3) is 1.81. The number of carboxylic acid groups (broad SMARTS) is 1. The quantitative estimate of drug-likeness (QED) is 0.658. The third-order valence-corrected chi connectivity index (χ3v) is 4.14. The molecule has 1 aliphatic carbocycles. The van der Waals surface area contributed by atoms with Gasteiger partial charge in [-0.25, -0.2) is 0 Å². The van der Waals surface area contributed by atoms with E-state index in [0.717, 1.165) is 25.7 Å². The number of amides is 2. The van der Waals surface area contributed by atoms with E-state index in [4.69, 9.17) is 0 Å². The van der Waals surface area contributed by atoms with Crippen LogP contribution >= 0.6 is 0 Å². The molecule has 0 radical (unpaired) electrons. The highest BCUT2D eigenvalue weighted by atomic mass is 16.4. The summed E-state index contributed by atoms with van der Waals surface area (Å²) in [7, 11) is 0. The van der Waals surface area contributed by atoms with E-state index in [1.54, 1.807) is 24.3 Å². The number of aliphatic carboxylic acids is 1. The van der Waals surface area contributed by atoms with Crippen LogP contribution in [0.5, 0.6) is 0 Å². The zero-order valence-electron chi connectivity index (χ0n) is 10.9. The Morgan fingerprint density at radius 1 is 1.15 bits per heavy atom. The van der Waals surface area contributed by atoms with Crippen LogP contribution in [0, 0.1) is 0 Å². The van der Waals surface area contributed by atoms with Crippen LogP contribution in [-0.2, 0) is 9.59 Å². The van der Waals surface area contributed by atoms with Crippen molar-refractivity contribution in [3.05, 3.63) is 35.4 Å². The summed E-state index contributed by atoms with van der Waals surface area (Å²) in [5.41, 5.74) is 0.649. The molecule has 104 valence electrons. The monoisotopic (exact) mass is 273 g/mol. The SMILES string of the molecule is O=C(O)C1C(=O)N(C2CCCC2)C(=O)c2ccccc21. The molecule has 3 rings (SSSR count). The fraction of sp³-hybridized carbons (Fsp3) is 0.400. The van der Waals surface area contributed by atoms with E-state index in [1.165, 1.54) is 4.90 Å². The first-order valence-corrected chi connectivity index (χ1v) is 6.80. The molecule has 0 spiro atoms. The van der Waals surface area contributed by atoms with Gasteiger partial charge in [0.1, 0.15) is 0 Å². The Hall–Kier alpha value is -2.17. The number of hydrogen-bond donors (Lipinski definition) is 1. The van der Waals surface area contributed by atoms with E-state index in [9.17, 15) is 19.5 Å². The number of imide groups is 1. The average Bonchev–Trinajstić information content (AvgIpc) is 2.92. The molecule has 1 atom stereocenters. The summed E-state index contributed by atoms with van der Waals surface area (Å²) in [4.78, 5) is 37.6. The molecule has 20 heavy (non-hydrogen) atoms. The minimum Gasteiger partial charge on any atom is -0.480 e. The van der Waals surface area contributed by atoms with Gasteiger partial charge in [0.2, 0.25) is 5.91 Å². The van der Waals surface area contributed by atoms with Crippen molar-refractivity contribution in [2.24, 2.45) is 0 Å². The highest BCUT2D eigenvalue weighted by molar-refractivity contribution is 6.17. The van der Waals surface area contributed by atoms with Crippen molar-refractivity contribution in [3.63, 3.8) is 0 Å². The molecule has 1 aromatic carbocycles. The summed E-state index contributed by atoms with van der Waals surface area (Å²) in [6.07, 6.45) is 3.49. The van der Waals surface area contributed by atoms with Gasteiger partial charge in [-0.2, -0.15) is 0 Å². The fourth-order valence-corrected chi connectivity index (χ4v) is 3.19. The summed E-state index contributed by atoms with van der Waals surface area (Å²) in [6, 6.07) is 6.35. The molecule has 2 aliphatic rings. The predicted octanol–water partition coefficient (Wildman–Crippen LogP) is 1.78. The molecule has 0 bridgehead atoms. The number of benzene rings is 1. The van der Waals surface area contributed by atoms with Crippen molar-refractivity contribution < 1.29 is 19.5 Å². The highest BCUT2D eigenvalue weighted by Gasteiger charge is 2.45. The second-order valence-electron chi connectivity index (χ2n) is 5.31. The van der Waals surface area contributed by atoms with E-state index in [-0.39, 0.29) is 11.9 Å². The van der Waals surface area contributed by atoms with Crippen LogP contribution in [0.25, 0.3) is 0 Å². The van der Waals surface area contributed by atoms with Crippen molar-refractivity contribution >= 4 is 17.8 Å². The van der Waals surface area contributed by atoms with Gasteiger partial charge in [-0.3, -0.25) is 19.3 Å². The van der Waals surface area contributed by atoms with Crippen LogP contribution in [0.3, 0.4) is 0 Å². The van der Waals surface area contributed by atoms with Gasteiger partial charge in [0, 0.05) is 11.6 Å². The lowest BCUT2D eigenvalue weighted by molar-refractivity contribution is -0.146. The number of nitrogens with zero attached hydrogens (tertiary/aromatic N) is 1. The van der Waals surface area contributed by atoms with Crippen LogP contribution in [-0.4, -0.2) is 33.8 Å². The Labute approximate surface area is 116 Å². The Bertz CT molecular complexity index is 589. The maximum absolute atomic E-state index is 12.5. The lowest BCUT2D eigenvalue weighted by atomic mass is 9.87. The van der Waals surface area contributed by atoms with Crippen LogP contribution in [0.4, 0.5) is 0 Å². The topological polar surface area (TPSA) is 74.7 Å². The second kappa shape index (κ2) is 4.74. The molecule has 1 aliphatic heterocycles. The number of fused-ring (bicyclic) bond motifs is 1. The molecule has 0 aromatic heterocycles. The van der Waals surface area contributed by atoms with E-state index in [2.05, 4.69) is 0 Å². The van der Waals surface area contributed by atoms with E-state index in [0.29, 0.717) is 11.1 Å². The van der Waals surface area contributed by atoms with Crippen LogP contribution in [0.1, 0.15) is 47.5 Å². The molecule has 5 nitrogen and oxygen atoms in total. The van der Waals surface area contributed by atoms with E-state index < -0.39 is 17.8 Å². The van der Waals surface area contributed by atoms with Crippen LogP contribution < -0.4 is 0 Å². The third-order valence-electron chi connectivity index (χ3n) is 4.14. The normalized spacial score (nSPS) is 23.0. The molecular formula is C15H15NO4. The molecule has 1 saturated carbocycles. The van der Waals surface area contributed by atoms with Crippen molar-refractivity contribution in [3.8, 4) is 0 Å². The summed E-state index contributed by atoms with van der Waals surface area (Å²) < 4.78 is 0. The average molecular weight is 273 g/mol. The second-order valence-corrected chi connectivity index (χ2v) is 5.31. The maximum atomic E-state index is 12.5. The number of carbonyl (C=O) groups excluding carboxylic acids is 2. The molecule has 1 N–H and O–H groups in total. The predicted molar refractivity (Wildman–Crippen MR) is 70.3 cm³/mol. The Balaban J connectivity index is 2.10. The summed E-state index contributed by atoms with van der Waals surface area (Å²) in [5.74, 6) is -3.40. The molecule has 1 unspecified atom stereocenters. The molecule has 0 saturated heterocycles. The number of rotatable bonds is 2. The molecule has 2 amide bonds. The van der Waals surface area contributed by atoms with E-state index >= 15 is 0 Å². The first kappa shape index (κ1) is 12.8. The van der Waals surface area contributed by atoms with Gasteiger partial charge in [-0.1, -0.05) is 31.0 Å². The maximum Gasteiger partial charge on any atom is 0.320 e. The van der Waals surface area contributed by atoms with Gasteiger partial charge >= 0.3 is 5.97 Å². The number of carboxylic acids is 1. The van der Waals surface area contributed by atoms with Gasteiger partial charge in [-0.05, 0) is 24.5 Å². The van der Waals surface area contributed by atoms with Gasteiger partial charge in [0.15, 0.2) is 5.92 Å². The first-order chi connectivity index (χ1) is 9.61. The van der Waals surface area contributed by atoms with Gasteiger partial charge in [-0.15, -0.1) is 0 Å². The van der Waals surface area contributed by atoms with Gasteiger partial charge in [0.25, 0.3) is 5.91 Å². The Morgan fingerprint density at radius 2 is 1.80 bits per heavy atom. The summed E-state index contributed by atoms with van der Waals surface area (Å²) in [5, 5.41) is 9.34. The van der Waals surface area contributed by atoms with Crippen LogP contribution in [0.15, 0.2) is 24.3 Å². The molecule has 1 aromatic rings. The Morgan fingerprint density at radius 3 is 2.45 bits per heavy atom. The summed E-state index contributed by atoms with van der Waals surface area (Å²) >= 11 is 0. The molecular weight excluding hydrogens is 258 g/mol. The standard InChI is InChI=1S/C15H15NO4/c17-13-11-8-4-3-7-10(11)12(15(19)20)14(18)16(13)9-5-1-2-6-9/h3-4,7-9,12H,1-2,5-6H2,(H,19,20). The van der Waals surface area contributed by atoms with Gasteiger partial charge < -0.3 is 5.11 Å². The molecule has 5 heteroatoms. The Kier molecular flexibility index (Phi) is 3.04. The zero-order valence-corrected chi connectivity index (χ0v) is 10.9. The van der Waals surface area contributed by atoms with Crippen molar-refractivity contribution in [1.29, 1.82) is 0 Å². The van der Waals surface area contributed by atoms with Crippen LogP contribution in [0.2, 0.25) is 0 Å². The minimum absolute atomic E-state index is 0.148. The van der Waals surface area contributed by atoms with E-state index in [1.807, 2.05) is 0 Å². The zero-order chi connectivity index (χ0) is 14.3. The van der Waals surface area contributed by atoms with Gasteiger partial charge in [0.05, 0.1) is 0 Å². The molecule has 1 heterocycles. The molecule has 1 fully saturated rings. The number of hydrogen-bond acceptors (Lipinski definition) is 3. The largest absolute Gasteiger partial charge is 0.480 e. The lowest BCUT2D eigenvalue weighted by Gasteiger charge is -2.34. The number of carbonyl (C=O) groups is 3. The highest BCUT2D eigenvalue weighted by Crippen LogP contribution is 2.34. The van der Waals surface area contributed by atoms with Crippen molar-refractivity contribution in [2.45, 2.75) is 37.6 Å². The minimum atomic E-state index is -1.26. The van der Waals surface area contributed by atoms with Crippen molar-refractivity contribution in [1.82, 2.24) is 4.90 Å². The lowest BCUT2D eigenvalue weighted by Crippen LogP contribution is -2.51. The first-order valence-electron chi connectivity index (χ1n) is 6.80. The summed E-state index contributed by atoms with van der Waals surface area (Å²) in [6.45, 7) is 0.